The maximum Gasteiger partial charge on any atom is 0.166 e. The van der Waals surface area contributed by atoms with Gasteiger partial charge in [-0.3, -0.25) is 0 Å². The Labute approximate surface area is 87.4 Å². The molecule has 1 aromatic rings. The molecular weight excluding hydrogens is 199 g/mol. The first-order valence-electron chi connectivity index (χ1n) is 4.89. The first-order chi connectivity index (χ1) is 7.22. The Hall–Kier alpha value is -1.29. The van der Waals surface area contributed by atoms with Gasteiger partial charge in [-0.05, 0) is 24.6 Å². The van der Waals surface area contributed by atoms with E-state index in [-0.39, 0.29) is 6.61 Å². The number of benzene rings is 1. The van der Waals surface area contributed by atoms with Crippen LogP contribution in [0.2, 0.25) is 0 Å². The van der Waals surface area contributed by atoms with Crippen LogP contribution in [0.1, 0.15) is 24.2 Å². The largest absolute Gasteiger partial charge is 0.486 e. The van der Waals surface area contributed by atoms with Crippen LogP contribution in [-0.4, -0.2) is 18.3 Å². The first-order valence-corrected chi connectivity index (χ1v) is 4.89. The summed E-state index contributed by atoms with van der Waals surface area (Å²) in [5, 5.41) is 9.14. The van der Waals surface area contributed by atoms with Gasteiger partial charge < -0.3 is 14.6 Å². The van der Waals surface area contributed by atoms with Crippen molar-refractivity contribution in [2.24, 2.45) is 0 Å². The summed E-state index contributed by atoms with van der Waals surface area (Å²) in [5.41, 5.74) is 1.08. The van der Waals surface area contributed by atoms with Gasteiger partial charge in [-0.25, -0.2) is 4.39 Å². The smallest absolute Gasteiger partial charge is 0.166 e. The molecule has 2 rings (SSSR count). The van der Waals surface area contributed by atoms with Crippen LogP contribution in [0.3, 0.4) is 0 Å². The van der Waals surface area contributed by atoms with Gasteiger partial charge in [0.25, 0.3) is 0 Å². The highest BCUT2D eigenvalue weighted by Crippen LogP contribution is 2.37. The summed E-state index contributed by atoms with van der Waals surface area (Å²) in [7, 11) is 0. The van der Waals surface area contributed by atoms with Gasteiger partial charge in [-0.15, -0.1) is 0 Å². The highest BCUT2D eigenvalue weighted by Gasteiger charge is 2.18. The number of hydrogen-bond donors (Lipinski definition) is 1. The van der Waals surface area contributed by atoms with Crippen LogP contribution < -0.4 is 9.47 Å². The van der Waals surface area contributed by atoms with Gasteiger partial charge in [0, 0.05) is 5.56 Å². The van der Waals surface area contributed by atoms with Crippen LogP contribution >= 0.6 is 0 Å². The minimum Gasteiger partial charge on any atom is -0.486 e. The van der Waals surface area contributed by atoms with E-state index in [1.807, 2.05) is 0 Å². The van der Waals surface area contributed by atoms with E-state index >= 15 is 0 Å². The Morgan fingerprint density at radius 2 is 2.13 bits per heavy atom. The summed E-state index contributed by atoms with van der Waals surface area (Å²) >= 11 is 0. The molecule has 15 heavy (non-hydrogen) atoms. The molecule has 0 saturated carbocycles. The summed E-state index contributed by atoms with van der Waals surface area (Å²) in [6.45, 7) is 2.20. The molecule has 1 heterocycles. The Bertz CT molecular complexity index is 346. The normalized spacial score (nSPS) is 16.2. The van der Waals surface area contributed by atoms with E-state index < -0.39 is 6.17 Å². The summed E-state index contributed by atoms with van der Waals surface area (Å²) < 4.78 is 23.9. The van der Waals surface area contributed by atoms with Gasteiger partial charge >= 0.3 is 0 Å². The van der Waals surface area contributed by atoms with Gasteiger partial charge in [0.2, 0.25) is 0 Å². The second-order valence-electron chi connectivity index (χ2n) is 3.48. The van der Waals surface area contributed by atoms with Gasteiger partial charge in [0.15, 0.2) is 11.5 Å². The zero-order chi connectivity index (χ0) is 10.8. The average molecular weight is 212 g/mol. The predicted octanol–water partition coefficient (Wildman–Crippen LogP) is 1.98. The monoisotopic (exact) mass is 212 g/mol. The van der Waals surface area contributed by atoms with Crippen LogP contribution in [0.5, 0.6) is 11.5 Å². The van der Waals surface area contributed by atoms with Crippen LogP contribution in [0.15, 0.2) is 12.1 Å². The van der Waals surface area contributed by atoms with Gasteiger partial charge in [-0.1, -0.05) is 0 Å². The molecule has 82 valence electrons. The number of aliphatic hydroxyl groups excluding tert-OH is 1. The van der Waals surface area contributed by atoms with Crippen molar-refractivity contribution in [2.45, 2.75) is 19.7 Å². The van der Waals surface area contributed by atoms with Crippen LogP contribution in [-0.2, 0) is 6.61 Å². The molecule has 0 radical (unpaired) electrons. The molecule has 1 unspecified atom stereocenters. The first kappa shape index (κ1) is 10.2. The molecule has 3 nitrogen and oxygen atoms in total. The lowest BCUT2D eigenvalue weighted by Crippen LogP contribution is -2.17. The van der Waals surface area contributed by atoms with E-state index in [1.54, 1.807) is 12.1 Å². The van der Waals surface area contributed by atoms with Gasteiger partial charge in [0.1, 0.15) is 19.4 Å². The predicted molar refractivity (Wildman–Crippen MR) is 52.9 cm³/mol. The Balaban J connectivity index is 2.48. The number of hydrogen-bond acceptors (Lipinski definition) is 3. The number of rotatable bonds is 2. The maximum absolute atomic E-state index is 13.1. The zero-order valence-electron chi connectivity index (χ0n) is 8.50. The third-order valence-corrected chi connectivity index (χ3v) is 2.37. The van der Waals surface area contributed by atoms with E-state index in [0.29, 0.717) is 35.8 Å². The molecule has 1 atom stereocenters. The molecule has 1 N–H and O–H groups in total. The van der Waals surface area contributed by atoms with Crippen molar-refractivity contribution in [3.8, 4) is 11.5 Å². The number of aliphatic hydroxyl groups is 1. The lowest BCUT2D eigenvalue weighted by Gasteiger charge is -2.21. The van der Waals surface area contributed by atoms with Crippen molar-refractivity contribution in [3.05, 3.63) is 23.3 Å². The lowest BCUT2D eigenvalue weighted by molar-refractivity contribution is 0.164. The third-order valence-electron chi connectivity index (χ3n) is 2.37. The quantitative estimate of drug-likeness (QED) is 0.814. The van der Waals surface area contributed by atoms with E-state index in [1.165, 1.54) is 6.92 Å². The van der Waals surface area contributed by atoms with Crippen molar-refractivity contribution < 1.29 is 19.0 Å². The molecule has 0 bridgehead atoms. The molecule has 0 spiro atoms. The SMILES string of the molecule is CC(F)c1cc(CO)c2c(c1)OCCO2. The molecule has 4 heteroatoms. The highest BCUT2D eigenvalue weighted by atomic mass is 19.1. The fourth-order valence-electron chi connectivity index (χ4n) is 1.60. The third kappa shape index (κ3) is 1.90. The van der Waals surface area contributed by atoms with Crippen molar-refractivity contribution in [1.82, 2.24) is 0 Å². The van der Waals surface area contributed by atoms with Gasteiger partial charge in [-0.2, -0.15) is 0 Å². The van der Waals surface area contributed by atoms with E-state index in [9.17, 15) is 4.39 Å². The van der Waals surface area contributed by atoms with Crippen LogP contribution in [0.25, 0.3) is 0 Å². The minimum atomic E-state index is -1.08. The van der Waals surface area contributed by atoms with E-state index in [4.69, 9.17) is 14.6 Å². The van der Waals surface area contributed by atoms with Crippen molar-refractivity contribution in [2.75, 3.05) is 13.2 Å². The van der Waals surface area contributed by atoms with Crippen molar-refractivity contribution in [1.29, 1.82) is 0 Å². The molecule has 0 saturated heterocycles. The number of ether oxygens (including phenoxy) is 2. The maximum atomic E-state index is 13.1. The Morgan fingerprint density at radius 3 is 2.80 bits per heavy atom. The number of alkyl halides is 1. The van der Waals surface area contributed by atoms with Crippen LogP contribution in [0, 0.1) is 0 Å². The molecule has 0 amide bonds. The Kier molecular flexibility index (Phi) is 2.77. The number of halogens is 1. The van der Waals surface area contributed by atoms with Crippen LogP contribution in [0.4, 0.5) is 4.39 Å². The second-order valence-corrected chi connectivity index (χ2v) is 3.48. The standard InChI is InChI=1S/C11H13FO3/c1-7(12)8-4-9(6-13)11-10(5-8)14-2-3-15-11/h4-5,7,13H,2-3,6H2,1H3. The van der Waals surface area contributed by atoms with Gasteiger partial charge in [0.05, 0.1) is 6.61 Å². The summed E-state index contributed by atoms with van der Waals surface area (Å²) in [6.07, 6.45) is -1.08. The minimum absolute atomic E-state index is 0.174. The van der Waals surface area contributed by atoms with E-state index in [0.717, 1.165) is 0 Å². The molecule has 0 fully saturated rings. The molecule has 0 aromatic heterocycles. The Morgan fingerprint density at radius 1 is 1.40 bits per heavy atom. The van der Waals surface area contributed by atoms with Crippen molar-refractivity contribution >= 4 is 0 Å². The molecule has 0 aliphatic carbocycles. The molecule has 1 aliphatic heterocycles. The summed E-state index contributed by atoms with van der Waals surface area (Å²) in [4.78, 5) is 0. The molecular formula is C11H13FO3. The zero-order valence-corrected chi connectivity index (χ0v) is 8.50. The fourth-order valence-corrected chi connectivity index (χ4v) is 1.60. The second kappa shape index (κ2) is 4.06. The van der Waals surface area contributed by atoms with E-state index in [2.05, 4.69) is 0 Å². The summed E-state index contributed by atoms with van der Waals surface area (Å²) in [5.74, 6) is 1.06. The topological polar surface area (TPSA) is 38.7 Å². The number of fused-ring (bicyclic) bond motifs is 1. The van der Waals surface area contributed by atoms with Crippen molar-refractivity contribution in [3.63, 3.8) is 0 Å². The summed E-state index contributed by atoms with van der Waals surface area (Å²) in [6, 6.07) is 3.23. The molecule has 1 aromatic carbocycles. The average Bonchev–Trinajstić information content (AvgIpc) is 2.27. The fraction of sp³-hybridized carbons (Fsp3) is 0.455. The molecule has 1 aliphatic rings. The highest BCUT2D eigenvalue weighted by molar-refractivity contribution is 5.50. The lowest BCUT2D eigenvalue weighted by atomic mass is 10.1.